The lowest BCUT2D eigenvalue weighted by Crippen LogP contribution is -2.27. The fourth-order valence-electron chi connectivity index (χ4n) is 2.77. The average Bonchev–Trinajstić information content (AvgIpc) is 2.99. The quantitative estimate of drug-likeness (QED) is 0.546. The van der Waals surface area contributed by atoms with Crippen LogP contribution in [0.15, 0.2) is 4.79 Å². The zero-order valence-corrected chi connectivity index (χ0v) is 10.4. The summed E-state index contributed by atoms with van der Waals surface area (Å²) in [5.41, 5.74) is 5.08. The fourth-order valence-corrected chi connectivity index (χ4v) is 2.77. The molecule has 0 aliphatic heterocycles. The van der Waals surface area contributed by atoms with E-state index in [0.29, 0.717) is 17.9 Å². The Labute approximate surface area is 107 Å². The van der Waals surface area contributed by atoms with Crippen LogP contribution in [0.5, 0.6) is 0 Å². The van der Waals surface area contributed by atoms with Gasteiger partial charge in [0.2, 0.25) is 5.95 Å². The Morgan fingerprint density at radius 3 is 2.84 bits per heavy atom. The standard InChI is InChI=1S/C11H15N5O3/c1-5-13-7-8(14-10(12)15-9(7)19)16(5)11(4-18)2-6(11)3-17/h6,17-18H,2-4H2,1H3,(H3,12,14,15,19)/t6-,11+/m0/s1. The van der Waals surface area contributed by atoms with Crippen molar-refractivity contribution >= 4 is 17.1 Å². The number of imidazole rings is 1. The number of aliphatic hydroxyl groups is 2. The van der Waals surface area contributed by atoms with Crippen molar-refractivity contribution in [2.24, 2.45) is 5.92 Å². The van der Waals surface area contributed by atoms with Crippen LogP contribution in [0, 0.1) is 12.8 Å². The summed E-state index contributed by atoms with van der Waals surface area (Å²) in [6.07, 6.45) is 0.626. The van der Waals surface area contributed by atoms with Crippen LogP contribution >= 0.6 is 0 Å². The average molecular weight is 265 g/mol. The molecule has 0 unspecified atom stereocenters. The largest absolute Gasteiger partial charge is 0.396 e. The van der Waals surface area contributed by atoms with E-state index in [1.807, 2.05) is 0 Å². The van der Waals surface area contributed by atoms with Crippen molar-refractivity contribution in [2.75, 3.05) is 18.9 Å². The summed E-state index contributed by atoms with van der Waals surface area (Å²) in [5, 5.41) is 18.9. The van der Waals surface area contributed by atoms with Crippen LogP contribution in [0.25, 0.3) is 11.2 Å². The van der Waals surface area contributed by atoms with Gasteiger partial charge in [0, 0.05) is 12.5 Å². The second-order valence-corrected chi connectivity index (χ2v) is 4.96. The SMILES string of the molecule is Cc1nc2c(=O)[nH]c(N)nc2n1[C@@]1(CO)C[C@H]1CO. The fraction of sp³-hybridized carbons (Fsp3) is 0.545. The number of aliphatic hydroxyl groups excluding tert-OH is 2. The van der Waals surface area contributed by atoms with Gasteiger partial charge in [0.05, 0.1) is 12.1 Å². The van der Waals surface area contributed by atoms with Gasteiger partial charge in [0.25, 0.3) is 5.56 Å². The van der Waals surface area contributed by atoms with Crippen LogP contribution in [0.2, 0.25) is 0 Å². The molecule has 102 valence electrons. The number of nitrogen functional groups attached to an aromatic ring is 1. The summed E-state index contributed by atoms with van der Waals surface area (Å²) < 4.78 is 1.72. The number of aromatic nitrogens is 4. The minimum atomic E-state index is -0.624. The Morgan fingerprint density at radius 1 is 1.53 bits per heavy atom. The molecule has 8 heteroatoms. The maximum absolute atomic E-state index is 11.8. The highest BCUT2D eigenvalue weighted by Gasteiger charge is 2.56. The molecule has 1 fully saturated rings. The number of fused-ring (bicyclic) bond motifs is 1. The molecule has 0 saturated heterocycles. The number of aryl methyl sites for hydroxylation is 1. The molecule has 2 heterocycles. The van der Waals surface area contributed by atoms with Gasteiger partial charge in [-0.3, -0.25) is 9.78 Å². The summed E-state index contributed by atoms with van der Waals surface area (Å²) in [7, 11) is 0. The third-order valence-corrected chi connectivity index (χ3v) is 3.84. The maximum atomic E-state index is 11.8. The normalized spacial score (nSPS) is 25.9. The molecular weight excluding hydrogens is 250 g/mol. The van der Waals surface area contributed by atoms with E-state index >= 15 is 0 Å². The first kappa shape index (κ1) is 12.1. The lowest BCUT2D eigenvalue weighted by atomic mass is 10.2. The van der Waals surface area contributed by atoms with Crippen molar-refractivity contribution in [3.05, 3.63) is 16.2 Å². The first-order valence-corrected chi connectivity index (χ1v) is 6.00. The zero-order chi connectivity index (χ0) is 13.8. The number of anilines is 1. The summed E-state index contributed by atoms with van der Waals surface area (Å²) in [6.45, 7) is 1.57. The Morgan fingerprint density at radius 2 is 2.26 bits per heavy atom. The number of nitrogens with two attached hydrogens (primary N) is 1. The molecule has 0 bridgehead atoms. The summed E-state index contributed by atoms with van der Waals surface area (Å²) >= 11 is 0. The molecule has 0 amide bonds. The Hall–Kier alpha value is -1.93. The van der Waals surface area contributed by atoms with E-state index < -0.39 is 11.1 Å². The highest BCUT2D eigenvalue weighted by Crippen LogP contribution is 2.51. The number of hydrogen-bond donors (Lipinski definition) is 4. The first-order valence-electron chi connectivity index (χ1n) is 6.00. The predicted octanol–water partition coefficient (Wildman–Crippen LogP) is -1.29. The predicted molar refractivity (Wildman–Crippen MR) is 67.6 cm³/mol. The molecule has 5 N–H and O–H groups in total. The van der Waals surface area contributed by atoms with Gasteiger partial charge < -0.3 is 20.5 Å². The van der Waals surface area contributed by atoms with Gasteiger partial charge in [-0.25, -0.2) is 4.98 Å². The van der Waals surface area contributed by atoms with E-state index in [9.17, 15) is 15.0 Å². The molecule has 2 aromatic heterocycles. The Balaban J connectivity index is 2.30. The van der Waals surface area contributed by atoms with E-state index in [1.165, 1.54) is 0 Å². The molecule has 1 aliphatic carbocycles. The third kappa shape index (κ3) is 1.50. The smallest absolute Gasteiger partial charge is 0.280 e. The second kappa shape index (κ2) is 3.78. The van der Waals surface area contributed by atoms with Gasteiger partial charge >= 0.3 is 0 Å². The first-order chi connectivity index (χ1) is 9.03. The van der Waals surface area contributed by atoms with Gasteiger partial charge in [-0.1, -0.05) is 0 Å². The monoisotopic (exact) mass is 265 g/mol. The molecule has 8 nitrogen and oxygen atoms in total. The third-order valence-electron chi connectivity index (χ3n) is 3.84. The van der Waals surface area contributed by atoms with Gasteiger partial charge in [-0.15, -0.1) is 0 Å². The highest BCUT2D eigenvalue weighted by molar-refractivity contribution is 5.72. The molecule has 19 heavy (non-hydrogen) atoms. The van der Waals surface area contributed by atoms with E-state index in [4.69, 9.17) is 5.73 Å². The van der Waals surface area contributed by atoms with Crippen molar-refractivity contribution in [2.45, 2.75) is 18.9 Å². The number of hydrogen-bond acceptors (Lipinski definition) is 6. The summed E-state index contributed by atoms with van der Waals surface area (Å²) in [4.78, 5) is 22.5. The summed E-state index contributed by atoms with van der Waals surface area (Å²) in [5.74, 6) is 0.521. The molecule has 1 aliphatic rings. The van der Waals surface area contributed by atoms with Crippen LogP contribution in [0.3, 0.4) is 0 Å². The van der Waals surface area contributed by atoms with Crippen molar-refractivity contribution in [3.63, 3.8) is 0 Å². The number of nitrogens with one attached hydrogen (secondary N) is 1. The molecule has 2 atom stereocenters. The molecule has 0 spiro atoms. The minimum Gasteiger partial charge on any atom is -0.396 e. The lowest BCUT2D eigenvalue weighted by molar-refractivity contribution is 0.176. The molecule has 1 saturated carbocycles. The molecule has 2 aromatic rings. The number of H-pyrrole nitrogens is 1. The Kier molecular flexibility index (Phi) is 2.41. The van der Waals surface area contributed by atoms with Crippen LogP contribution in [-0.2, 0) is 5.54 Å². The second-order valence-electron chi connectivity index (χ2n) is 4.96. The van der Waals surface area contributed by atoms with Crippen LogP contribution < -0.4 is 11.3 Å². The highest BCUT2D eigenvalue weighted by atomic mass is 16.3. The van der Waals surface area contributed by atoms with Crippen molar-refractivity contribution in [1.82, 2.24) is 19.5 Å². The van der Waals surface area contributed by atoms with E-state index in [1.54, 1.807) is 11.5 Å². The molecular formula is C11H15N5O3. The van der Waals surface area contributed by atoms with E-state index in [-0.39, 0.29) is 30.6 Å². The topological polar surface area (TPSA) is 130 Å². The summed E-state index contributed by atoms with van der Waals surface area (Å²) in [6, 6.07) is 0. The van der Waals surface area contributed by atoms with Gasteiger partial charge in [-0.05, 0) is 13.3 Å². The zero-order valence-electron chi connectivity index (χ0n) is 10.4. The van der Waals surface area contributed by atoms with Crippen LogP contribution in [0.4, 0.5) is 5.95 Å². The van der Waals surface area contributed by atoms with Crippen molar-refractivity contribution in [3.8, 4) is 0 Å². The molecule has 0 radical (unpaired) electrons. The van der Waals surface area contributed by atoms with Gasteiger partial charge in [0.15, 0.2) is 11.2 Å². The maximum Gasteiger partial charge on any atom is 0.280 e. The lowest BCUT2D eigenvalue weighted by Gasteiger charge is -2.18. The number of nitrogens with zero attached hydrogens (tertiary/aromatic N) is 3. The van der Waals surface area contributed by atoms with Crippen LogP contribution in [-0.4, -0.2) is 42.9 Å². The molecule has 0 aromatic carbocycles. The van der Waals surface area contributed by atoms with Crippen molar-refractivity contribution in [1.29, 1.82) is 0 Å². The van der Waals surface area contributed by atoms with E-state index in [2.05, 4.69) is 15.0 Å². The van der Waals surface area contributed by atoms with Gasteiger partial charge in [-0.2, -0.15) is 4.98 Å². The number of aromatic amines is 1. The number of rotatable bonds is 3. The Bertz CT molecular complexity index is 706. The van der Waals surface area contributed by atoms with Crippen LogP contribution in [0.1, 0.15) is 12.2 Å². The van der Waals surface area contributed by atoms with Gasteiger partial charge in [0.1, 0.15) is 5.82 Å². The van der Waals surface area contributed by atoms with E-state index in [0.717, 1.165) is 0 Å². The minimum absolute atomic E-state index is 0.00735. The molecule has 3 rings (SSSR count). The van der Waals surface area contributed by atoms with Crippen molar-refractivity contribution < 1.29 is 10.2 Å².